The Balaban J connectivity index is 2.27. The Morgan fingerprint density at radius 1 is 1.37 bits per heavy atom. The van der Waals surface area contributed by atoms with Crippen molar-refractivity contribution in [3.8, 4) is 0 Å². The van der Waals surface area contributed by atoms with Crippen molar-refractivity contribution in [2.75, 3.05) is 5.32 Å². The molecule has 1 fully saturated rings. The minimum absolute atomic E-state index is 0.0697. The molecule has 3 N–H and O–H groups in total. The predicted molar refractivity (Wildman–Crippen MR) is 85.3 cm³/mol. The number of halogens is 1. The van der Waals surface area contributed by atoms with Crippen LogP contribution in [0.2, 0.25) is 0 Å². The first-order chi connectivity index (χ1) is 8.86. The van der Waals surface area contributed by atoms with Crippen LogP contribution in [-0.2, 0) is 4.79 Å². The van der Waals surface area contributed by atoms with Crippen molar-refractivity contribution in [2.24, 2.45) is 11.1 Å². The van der Waals surface area contributed by atoms with E-state index in [9.17, 15) is 4.79 Å². The predicted octanol–water partition coefficient (Wildman–Crippen LogP) is 3.46. The molecular formula is C14H17BrN2OS. The molecule has 1 aromatic carbocycles. The maximum Gasteiger partial charge on any atom is 0.237 e. The van der Waals surface area contributed by atoms with Gasteiger partial charge in [0.25, 0.3) is 0 Å². The van der Waals surface area contributed by atoms with Gasteiger partial charge in [0, 0.05) is 10.2 Å². The van der Waals surface area contributed by atoms with Gasteiger partial charge in [0.05, 0.1) is 10.4 Å². The molecule has 2 rings (SSSR count). The second kappa shape index (κ2) is 5.21. The minimum atomic E-state index is -0.638. The Hall–Kier alpha value is -0.940. The average molecular weight is 341 g/mol. The molecule has 1 aliphatic carbocycles. The van der Waals surface area contributed by atoms with Crippen LogP contribution in [0.15, 0.2) is 16.6 Å². The van der Waals surface area contributed by atoms with E-state index in [1.807, 2.05) is 26.0 Å². The normalized spacial score (nSPS) is 16.6. The number of nitrogens with two attached hydrogens (primary N) is 1. The largest absolute Gasteiger partial charge is 0.392 e. The lowest BCUT2D eigenvalue weighted by Crippen LogP contribution is -2.50. The van der Waals surface area contributed by atoms with Crippen molar-refractivity contribution in [2.45, 2.75) is 33.1 Å². The second-order valence-corrected chi connectivity index (χ2v) is 6.52. The number of aryl methyl sites for hydroxylation is 2. The van der Waals surface area contributed by atoms with Crippen LogP contribution < -0.4 is 11.1 Å². The minimum Gasteiger partial charge on any atom is -0.392 e. The van der Waals surface area contributed by atoms with Gasteiger partial charge in [-0.15, -0.1) is 0 Å². The fourth-order valence-corrected chi connectivity index (χ4v) is 3.44. The maximum absolute atomic E-state index is 12.5. The summed E-state index contributed by atoms with van der Waals surface area (Å²) < 4.78 is 1.01. The molecule has 0 radical (unpaired) electrons. The Bertz CT molecular complexity index is 529. The quantitative estimate of drug-likeness (QED) is 0.828. The van der Waals surface area contributed by atoms with Gasteiger partial charge in [-0.1, -0.05) is 34.6 Å². The first kappa shape index (κ1) is 14.5. The van der Waals surface area contributed by atoms with E-state index in [0.29, 0.717) is 4.99 Å². The molecule has 1 aliphatic rings. The van der Waals surface area contributed by atoms with Gasteiger partial charge in [-0.05, 0) is 49.9 Å². The summed E-state index contributed by atoms with van der Waals surface area (Å²) in [6.45, 7) is 3.95. The highest BCUT2D eigenvalue weighted by atomic mass is 79.9. The average Bonchev–Trinajstić information content (AvgIpc) is 2.20. The molecule has 0 spiro atoms. The summed E-state index contributed by atoms with van der Waals surface area (Å²) >= 11 is 8.52. The number of nitrogens with one attached hydrogen (secondary N) is 1. The zero-order valence-electron chi connectivity index (χ0n) is 11.0. The van der Waals surface area contributed by atoms with E-state index >= 15 is 0 Å². The third-order valence-corrected chi connectivity index (χ3v) is 4.70. The van der Waals surface area contributed by atoms with Gasteiger partial charge in [-0.3, -0.25) is 4.79 Å². The summed E-state index contributed by atoms with van der Waals surface area (Å²) in [5.74, 6) is -0.0697. The lowest BCUT2D eigenvalue weighted by atomic mass is 9.68. The molecule has 0 saturated heterocycles. The second-order valence-electron chi connectivity index (χ2n) is 5.17. The van der Waals surface area contributed by atoms with Gasteiger partial charge in [0.15, 0.2) is 0 Å². The molecular weight excluding hydrogens is 324 g/mol. The molecule has 102 valence electrons. The zero-order valence-corrected chi connectivity index (χ0v) is 13.5. The summed E-state index contributed by atoms with van der Waals surface area (Å²) in [6, 6.07) is 3.97. The number of rotatable bonds is 3. The highest BCUT2D eigenvalue weighted by Gasteiger charge is 2.47. The number of carbonyl (C=O) groups excluding carboxylic acids is 1. The smallest absolute Gasteiger partial charge is 0.237 e. The van der Waals surface area contributed by atoms with Crippen LogP contribution in [-0.4, -0.2) is 10.9 Å². The number of hydrogen-bond acceptors (Lipinski definition) is 2. The number of benzene rings is 1. The first-order valence-electron chi connectivity index (χ1n) is 6.25. The summed E-state index contributed by atoms with van der Waals surface area (Å²) in [5, 5.41) is 3.00. The first-order valence-corrected chi connectivity index (χ1v) is 7.45. The van der Waals surface area contributed by atoms with Crippen LogP contribution in [0.4, 0.5) is 5.69 Å². The van der Waals surface area contributed by atoms with Crippen LogP contribution in [0.25, 0.3) is 0 Å². The Morgan fingerprint density at radius 2 is 1.89 bits per heavy atom. The van der Waals surface area contributed by atoms with Crippen LogP contribution in [0, 0.1) is 19.3 Å². The Labute approximate surface area is 127 Å². The van der Waals surface area contributed by atoms with E-state index in [4.69, 9.17) is 18.0 Å². The van der Waals surface area contributed by atoms with Crippen molar-refractivity contribution < 1.29 is 4.79 Å². The lowest BCUT2D eigenvalue weighted by Gasteiger charge is -2.39. The molecule has 1 aromatic rings. The molecule has 0 aliphatic heterocycles. The molecule has 19 heavy (non-hydrogen) atoms. The maximum atomic E-state index is 12.5. The van der Waals surface area contributed by atoms with Crippen molar-refractivity contribution in [1.29, 1.82) is 0 Å². The number of anilines is 1. The van der Waals surface area contributed by atoms with Crippen molar-refractivity contribution >= 4 is 44.7 Å². The van der Waals surface area contributed by atoms with Crippen LogP contribution >= 0.6 is 28.1 Å². The van der Waals surface area contributed by atoms with E-state index in [0.717, 1.165) is 40.5 Å². The van der Waals surface area contributed by atoms with Crippen LogP contribution in [0.1, 0.15) is 30.4 Å². The monoisotopic (exact) mass is 340 g/mol. The number of thiocarbonyl (C=S) groups is 1. The number of hydrogen-bond donors (Lipinski definition) is 2. The molecule has 1 amide bonds. The van der Waals surface area contributed by atoms with Crippen LogP contribution in [0.5, 0.6) is 0 Å². The van der Waals surface area contributed by atoms with Gasteiger partial charge < -0.3 is 11.1 Å². The summed E-state index contributed by atoms with van der Waals surface area (Å²) in [7, 11) is 0. The highest BCUT2D eigenvalue weighted by Crippen LogP contribution is 2.42. The topological polar surface area (TPSA) is 55.1 Å². The van der Waals surface area contributed by atoms with Gasteiger partial charge >= 0.3 is 0 Å². The summed E-state index contributed by atoms with van der Waals surface area (Å²) in [4.78, 5) is 12.8. The SMILES string of the molecule is Cc1cc(Br)cc(C)c1NC(=O)C1(C(N)=S)CCC1. The van der Waals surface area contributed by atoms with Crippen molar-refractivity contribution in [3.05, 3.63) is 27.7 Å². The van der Waals surface area contributed by atoms with E-state index in [1.165, 1.54) is 0 Å². The number of amides is 1. The van der Waals surface area contributed by atoms with Crippen LogP contribution in [0.3, 0.4) is 0 Å². The molecule has 0 bridgehead atoms. The van der Waals surface area contributed by atoms with Gasteiger partial charge in [-0.2, -0.15) is 0 Å². The molecule has 1 saturated carbocycles. The van der Waals surface area contributed by atoms with E-state index in [1.54, 1.807) is 0 Å². The van der Waals surface area contributed by atoms with E-state index < -0.39 is 5.41 Å². The third kappa shape index (κ3) is 2.54. The lowest BCUT2D eigenvalue weighted by molar-refractivity contribution is -0.125. The van der Waals surface area contributed by atoms with E-state index in [2.05, 4.69) is 21.2 Å². The van der Waals surface area contributed by atoms with Gasteiger partial charge in [-0.25, -0.2) is 0 Å². The van der Waals surface area contributed by atoms with Crippen molar-refractivity contribution in [3.63, 3.8) is 0 Å². The molecule has 0 atom stereocenters. The fraction of sp³-hybridized carbons (Fsp3) is 0.429. The van der Waals surface area contributed by atoms with Gasteiger partial charge in [0.1, 0.15) is 0 Å². The summed E-state index contributed by atoms with van der Waals surface area (Å²) in [5.41, 5.74) is 8.02. The van der Waals surface area contributed by atoms with Gasteiger partial charge in [0.2, 0.25) is 5.91 Å². The Morgan fingerprint density at radius 3 is 2.26 bits per heavy atom. The summed E-state index contributed by atoms with van der Waals surface area (Å²) in [6.07, 6.45) is 2.51. The van der Waals surface area contributed by atoms with Crippen molar-refractivity contribution in [1.82, 2.24) is 0 Å². The Kier molecular flexibility index (Phi) is 3.97. The molecule has 0 aromatic heterocycles. The highest BCUT2D eigenvalue weighted by molar-refractivity contribution is 9.10. The molecule has 0 heterocycles. The molecule has 5 heteroatoms. The van der Waals surface area contributed by atoms with E-state index in [-0.39, 0.29) is 5.91 Å². The zero-order chi connectivity index (χ0) is 14.2. The fourth-order valence-electron chi connectivity index (χ4n) is 2.46. The number of carbonyl (C=O) groups is 1. The molecule has 3 nitrogen and oxygen atoms in total. The standard InChI is InChI=1S/C14H17BrN2OS/c1-8-6-10(15)7-9(2)11(8)17-13(18)14(12(16)19)4-3-5-14/h6-7H,3-5H2,1-2H3,(H2,16,19)(H,17,18). The third-order valence-electron chi connectivity index (χ3n) is 3.85. The molecule has 0 unspecified atom stereocenters.